The van der Waals surface area contributed by atoms with Crippen LogP contribution in [0.4, 0.5) is 5.69 Å². The molecule has 0 heterocycles. The molecule has 0 radical (unpaired) electrons. The Bertz CT molecular complexity index is 670. The van der Waals surface area contributed by atoms with E-state index in [9.17, 15) is 8.42 Å². The molecule has 4 N–H and O–H groups in total. The van der Waals surface area contributed by atoms with Gasteiger partial charge in [0.05, 0.1) is 5.69 Å². The topological polar surface area (TPSA) is 95.4 Å². The van der Waals surface area contributed by atoms with Gasteiger partial charge in [-0.2, -0.15) is 0 Å². The van der Waals surface area contributed by atoms with Gasteiger partial charge in [-0.3, -0.25) is 0 Å². The van der Waals surface area contributed by atoms with Crippen LogP contribution in [0.2, 0.25) is 0 Å². The van der Waals surface area contributed by atoms with Crippen LogP contribution >= 0.6 is 0 Å². The van der Waals surface area contributed by atoms with E-state index < -0.39 is 10.0 Å². The first kappa shape index (κ1) is 13.4. The predicted octanol–water partition coefficient (Wildman–Crippen LogP) is 1.50. The molecule has 100 valence electrons. The molecule has 0 amide bonds. The summed E-state index contributed by atoms with van der Waals surface area (Å²) in [5.74, 6) is 0.494. The Balaban J connectivity index is 2.13. The first-order valence-electron chi connectivity index (χ1n) is 5.56. The highest BCUT2D eigenvalue weighted by molar-refractivity contribution is 7.89. The second kappa shape index (κ2) is 5.29. The number of anilines is 1. The lowest BCUT2D eigenvalue weighted by Crippen LogP contribution is -2.14. The summed E-state index contributed by atoms with van der Waals surface area (Å²) in [6, 6.07) is 13.9. The summed E-state index contributed by atoms with van der Waals surface area (Å²) in [4.78, 5) is -0.0976. The number of rotatable bonds is 4. The average Bonchev–Trinajstić information content (AvgIpc) is 2.36. The van der Waals surface area contributed by atoms with Crippen molar-refractivity contribution in [3.63, 3.8) is 0 Å². The normalized spacial score (nSPS) is 11.2. The van der Waals surface area contributed by atoms with Crippen LogP contribution < -0.4 is 15.6 Å². The van der Waals surface area contributed by atoms with Gasteiger partial charge in [0.15, 0.2) is 0 Å². The minimum Gasteiger partial charge on any atom is -0.489 e. The van der Waals surface area contributed by atoms with Crippen molar-refractivity contribution in [2.75, 3.05) is 5.73 Å². The second-order valence-electron chi connectivity index (χ2n) is 4.02. The molecule has 0 aliphatic heterocycles. The summed E-state index contributed by atoms with van der Waals surface area (Å²) in [6.45, 7) is 0.384. The van der Waals surface area contributed by atoms with E-state index in [1.165, 1.54) is 18.2 Å². The van der Waals surface area contributed by atoms with Crippen molar-refractivity contribution < 1.29 is 13.2 Å². The lowest BCUT2D eigenvalue weighted by molar-refractivity contribution is 0.306. The maximum Gasteiger partial charge on any atom is 0.240 e. The molecule has 0 aromatic heterocycles. The van der Waals surface area contributed by atoms with Crippen LogP contribution in [0.1, 0.15) is 5.56 Å². The van der Waals surface area contributed by atoms with E-state index in [2.05, 4.69) is 0 Å². The van der Waals surface area contributed by atoms with Crippen LogP contribution in [0, 0.1) is 0 Å². The van der Waals surface area contributed by atoms with Crippen LogP contribution in [0.5, 0.6) is 5.75 Å². The van der Waals surface area contributed by atoms with Gasteiger partial charge in [0.25, 0.3) is 0 Å². The number of ether oxygens (including phenoxy) is 1. The van der Waals surface area contributed by atoms with Crippen molar-refractivity contribution in [2.24, 2.45) is 5.14 Å². The summed E-state index contributed by atoms with van der Waals surface area (Å²) in [7, 11) is -3.80. The fourth-order valence-electron chi connectivity index (χ4n) is 1.62. The number of sulfonamides is 1. The number of nitrogens with two attached hydrogens (primary N) is 2. The van der Waals surface area contributed by atoms with Gasteiger partial charge in [-0.15, -0.1) is 0 Å². The third-order valence-electron chi connectivity index (χ3n) is 2.54. The minimum atomic E-state index is -3.80. The Kier molecular flexibility index (Phi) is 3.73. The molecule has 0 aliphatic rings. The van der Waals surface area contributed by atoms with Gasteiger partial charge < -0.3 is 10.5 Å². The third kappa shape index (κ3) is 3.46. The fourth-order valence-corrected chi connectivity index (χ4v) is 2.26. The molecular weight excluding hydrogens is 264 g/mol. The highest BCUT2D eigenvalue weighted by atomic mass is 32.2. The number of benzene rings is 2. The van der Waals surface area contributed by atoms with Gasteiger partial charge in [-0.25, -0.2) is 13.6 Å². The molecule has 2 rings (SSSR count). The van der Waals surface area contributed by atoms with Crippen LogP contribution in [0.25, 0.3) is 0 Å². The van der Waals surface area contributed by atoms with E-state index in [0.29, 0.717) is 12.4 Å². The van der Waals surface area contributed by atoms with Crippen molar-refractivity contribution in [1.82, 2.24) is 0 Å². The fraction of sp³-hybridized carbons (Fsp3) is 0.0769. The zero-order valence-corrected chi connectivity index (χ0v) is 10.9. The highest BCUT2D eigenvalue weighted by Gasteiger charge is 2.12. The van der Waals surface area contributed by atoms with Crippen LogP contribution in [0.3, 0.4) is 0 Å². The predicted molar refractivity (Wildman–Crippen MR) is 73.0 cm³/mol. The van der Waals surface area contributed by atoms with Gasteiger partial charge in [-0.05, 0) is 17.7 Å². The van der Waals surface area contributed by atoms with E-state index in [0.717, 1.165) is 5.56 Å². The molecule has 2 aromatic rings. The Morgan fingerprint density at radius 3 is 2.32 bits per heavy atom. The summed E-state index contributed by atoms with van der Waals surface area (Å²) < 4.78 is 27.9. The zero-order valence-electron chi connectivity index (χ0n) is 10.1. The first-order valence-corrected chi connectivity index (χ1v) is 7.10. The van der Waals surface area contributed by atoms with E-state index in [1.807, 2.05) is 30.3 Å². The van der Waals surface area contributed by atoms with Crippen molar-refractivity contribution in [1.29, 1.82) is 0 Å². The molecule has 0 unspecified atom stereocenters. The quantitative estimate of drug-likeness (QED) is 0.828. The number of nitrogen functional groups attached to an aromatic ring is 1. The second-order valence-corrected chi connectivity index (χ2v) is 5.55. The van der Waals surface area contributed by atoms with Gasteiger partial charge >= 0.3 is 0 Å². The zero-order chi connectivity index (χ0) is 13.9. The van der Waals surface area contributed by atoms with Gasteiger partial charge in [0, 0.05) is 6.07 Å². The van der Waals surface area contributed by atoms with E-state index in [-0.39, 0.29) is 10.6 Å². The highest BCUT2D eigenvalue weighted by Crippen LogP contribution is 2.23. The molecule has 0 bridgehead atoms. The largest absolute Gasteiger partial charge is 0.489 e. The van der Waals surface area contributed by atoms with Crippen molar-refractivity contribution in [3.8, 4) is 5.75 Å². The lowest BCUT2D eigenvalue weighted by atomic mass is 10.2. The Hall–Kier alpha value is -2.05. The molecule has 0 saturated carbocycles. The molecule has 0 spiro atoms. The molecule has 6 heteroatoms. The van der Waals surface area contributed by atoms with Crippen LogP contribution in [-0.4, -0.2) is 8.42 Å². The maximum atomic E-state index is 11.2. The smallest absolute Gasteiger partial charge is 0.240 e. The summed E-state index contributed by atoms with van der Waals surface area (Å²) in [5.41, 5.74) is 6.72. The van der Waals surface area contributed by atoms with Crippen molar-refractivity contribution in [2.45, 2.75) is 11.5 Å². The SMILES string of the molecule is Nc1cc(OCc2ccccc2)ccc1S(N)(=O)=O. The molecule has 0 saturated heterocycles. The molecule has 0 aliphatic carbocycles. The summed E-state index contributed by atoms with van der Waals surface area (Å²) in [5, 5.41) is 5.02. The Morgan fingerprint density at radius 2 is 1.74 bits per heavy atom. The Morgan fingerprint density at radius 1 is 1.05 bits per heavy atom. The molecule has 0 fully saturated rings. The number of primary sulfonamides is 1. The number of hydrogen-bond donors (Lipinski definition) is 2. The van der Waals surface area contributed by atoms with Gasteiger partial charge in [0.2, 0.25) is 10.0 Å². The van der Waals surface area contributed by atoms with Gasteiger partial charge in [0.1, 0.15) is 17.3 Å². The Labute approximate surface area is 111 Å². The molecule has 5 nitrogen and oxygen atoms in total. The van der Waals surface area contributed by atoms with E-state index >= 15 is 0 Å². The monoisotopic (exact) mass is 278 g/mol. The van der Waals surface area contributed by atoms with Crippen LogP contribution in [0.15, 0.2) is 53.4 Å². The van der Waals surface area contributed by atoms with E-state index in [4.69, 9.17) is 15.6 Å². The maximum absolute atomic E-state index is 11.2. The van der Waals surface area contributed by atoms with E-state index in [1.54, 1.807) is 0 Å². The lowest BCUT2D eigenvalue weighted by Gasteiger charge is -2.09. The standard InChI is InChI=1S/C13H14N2O3S/c14-12-8-11(6-7-13(12)19(15,16)17)18-9-10-4-2-1-3-5-10/h1-8H,9,14H2,(H2,15,16,17). The molecule has 2 aromatic carbocycles. The van der Waals surface area contributed by atoms with Crippen molar-refractivity contribution >= 4 is 15.7 Å². The minimum absolute atomic E-state index is 0.0769. The average molecular weight is 278 g/mol. The first-order chi connectivity index (χ1) is 8.97. The summed E-state index contributed by atoms with van der Waals surface area (Å²) >= 11 is 0. The van der Waals surface area contributed by atoms with Crippen LogP contribution in [-0.2, 0) is 16.6 Å². The van der Waals surface area contributed by atoms with Crippen molar-refractivity contribution in [3.05, 3.63) is 54.1 Å². The summed E-state index contributed by atoms with van der Waals surface area (Å²) in [6.07, 6.45) is 0. The molecule has 19 heavy (non-hydrogen) atoms. The third-order valence-corrected chi connectivity index (χ3v) is 3.52. The number of hydrogen-bond acceptors (Lipinski definition) is 4. The molecular formula is C13H14N2O3S. The van der Waals surface area contributed by atoms with Gasteiger partial charge in [-0.1, -0.05) is 30.3 Å². The molecule has 0 atom stereocenters.